The number of benzene rings is 5. The van der Waals surface area contributed by atoms with Gasteiger partial charge in [-0.1, -0.05) is 123 Å². The van der Waals surface area contributed by atoms with E-state index in [0.29, 0.717) is 17.6 Å². The number of fused-ring (bicyclic) bond motifs is 11. The molecule has 4 unspecified atom stereocenters. The molecule has 4 atom stereocenters. The Kier molecular flexibility index (Phi) is 5.62. The van der Waals surface area contributed by atoms with Gasteiger partial charge in [0.2, 0.25) is 5.95 Å². The van der Waals surface area contributed by atoms with Crippen molar-refractivity contribution in [1.29, 1.82) is 0 Å². The van der Waals surface area contributed by atoms with Gasteiger partial charge in [-0.25, -0.2) is 4.98 Å². The molecule has 5 aromatic carbocycles. The zero-order valence-corrected chi connectivity index (χ0v) is 29.7. The van der Waals surface area contributed by atoms with Gasteiger partial charge in [-0.2, -0.15) is 9.97 Å². The molecule has 0 spiro atoms. The Bertz CT molecular complexity index is 2920. The second-order valence-electron chi connectivity index (χ2n) is 14.7. The van der Waals surface area contributed by atoms with Crippen molar-refractivity contribution in [2.45, 2.75) is 38.6 Å². The molecular formula is C46H32N4OS. The summed E-state index contributed by atoms with van der Waals surface area (Å²) in [6.07, 6.45) is 2.55. The number of aromatic nitrogens is 3. The van der Waals surface area contributed by atoms with Crippen LogP contribution in [0.4, 0.5) is 11.6 Å². The molecule has 5 nitrogen and oxygen atoms in total. The summed E-state index contributed by atoms with van der Waals surface area (Å²) in [4.78, 5) is 18.7. The van der Waals surface area contributed by atoms with E-state index < -0.39 is 0 Å². The highest BCUT2D eigenvalue weighted by molar-refractivity contribution is 7.26. The lowest BCUT2D eigenvalue weighted by atomic mass is 9.65. The molecule has 12 rings (SSSR count). The van der Waals surface area contributed by atoms with Crippen molar-refractivity contribution in [3.63, 3.8) is 0 Å². The van der Waals surface area contributed by atoms with E-state index in [2.05, 4.69) is 135 Å². The lowest BCUT2D eigenvalue weighted by molar-refractivity contribution is 0.485. The molecule has 4 aliphatic rings. The van der Waals surface area contributed by atoms with Crippen LogP contribution in [0.5, 0.6) is 0 Å². The summed E-state index contributed by atoms with van der Waals surface area (Å²) in [6.45, 7) is 7.12. The first-order valence-electron chi connectivity index (χ1n) is 18.2. The number of hydrogen-bond acceptors (Lipinski definition) is 6. The predicted molar refractivity (Wildman–Crippen MR) is 212 cm³/mol. The van der Waals surface area contributed by atoms with Crippen LogP contribution >= 0.6 is 11.3 Å². The van der Waals surface area contributed by atoms with E-state index in [0.717, 1.165) is 27.9 Å². The van der Waals surface area contributed by atoms with Gasteiger partial charge in [0.05, 0.1) is 11.7 Å². The number of thiophene rings is 1. The Morgan fingerprint density at radius 2 is 1.40 bits per heavy atom. The SMILES string of the molecule is CC1C=C2c3c(-c4ccccc4)cc4sc5ccccc5c4c3N3c4nc(-c5ccccc5)nc(n4)-c4cccc5oc6c(c45)C(C)C(=C1C6C)C23. The summed E-state index contributed by atoms with van der Waals surface area (Å²) in [7, 11) is 0. The minimum atomic E-state index is -0.0902. The molecule has 0 fully saturated rings. The van der Waals surface area contributed by atoms with Gasteiger partial charge in [-0.3, -0.25) is 4.90 Å². The zero-order chi connectivity index (χ0) is 34.4. The molecule has 248 valence electrons. The van der Waals surface area contributed by atoms with Crippen LogP contribution in [0.25, 0.3) is 70.6 Å². The van der Waals surface area contributed by atoms with Crippen LogP contribution in [-0.4, -0.2) is 21.0 Å². The highest BCUT2D eigenvalue weighted by atomic mass is 32.1. The van der Waals surface area contributed by atoms with Crippen LogP contribution in [0.2, 0.25) is 0 Å². The minimum absolute atomic E-state index is 0.0902. The fraction of sp³-hybridized carbons (Fsp3) is 0.152. The molecule has 0 radical (unpaired) electrons. The van der Waals surface area contributed by atoms with Crippen molar-refractivity contribution in [2.24, 2.45) is 5.92 Å². The topological polar surface area (TPSA) is 55.1 Å². The maximum Gasteiger partial charge on any atom is 0.234 e. The number of allylic oxidation sites excluding steroid dienone is 2. The molecular weight excluding hydrogens is 657 g/mol. The summed E-state index contributed by atoms with van der Waals surface area (Å²) in [5.41, 5.74) is 13.3. The maximum absolute atomic E-state index is 6.87. The first-order valence-corrected chi connectivity index (χ1v) is 19.0. The molecule has 0 amide bonds. The quantitative estimate of drug-likeness (QED) is 0.169. The fourth-order valence-corrected chi connectivity index (χ4v) is 11.1. The van der Waals surface area contributed by atoms with E-state index in [4.69, 9.17) is 19.4 Å². The van der Waals surface area contributed by atoms with Gasteiger partial charge in [0.15, 0.2) is 11.6 Å². The minimum Gasteiger partial charge on any atom is -0.460 e. The standard InChI is InChI=1S/C46H32N4OS/c1-23-21-31-38-30(26-13-6-4-7-14-26)22-34-40(28-17-10-11-20-33(28)52-34)42(38)50-41(31)36-24(2)37-39-29(18-12-19-32(39)51-43(37)25(3)35(23)36)45-47-44(48-46(50)49-45)27-15-8-5-9-16-27/h4-25,41H,1-3H3. The molecule has 6 heteroatoms. The number of nitrogens with zero attached hydrogens (tertiary/aromatic N) is 4. The first kappa shape index (κ1) is 28.8. The van der Waals surface area contributed by atoms with Crippen LogP contribution in [0.1, 0.15) is 49.5 Å². The summed E-state index contributed by atoms with van der Waals surface area (Å²) >= 11 is 1.87. The van der Waals surface area contributed by atoms with Crippen LogP contribution in [-0.2, 0) is 0 Å². The largest absolute Gasteiger partial charge is 0.460 e. The first-order chi connectivity index (χ1) is 25.5. The molecule has 2 aliphatic heterocycles. The Morgan fingerprint density at radius 1 is 0.654 bits per heavy atom. The second-order valence-corrected chi connectivity index (χ2v) is 15.8. The van der Waals surface area contributed by atoms with E-state index in [1.165, 1.54) is 64.8 Å². The van der Waals surface area contributed by atoms with Gasteiger partial charge in [0, 0.05) is 59.6 Å². The fourth-order valence-electron chi connectivity index (χ4n) is 9.99. The predicted octanol–water partition coefficient (Wildman–Crippen LogP) is 12.1. The smallest absolute Gasteiger partial charge is 0.234 e. The highest BCUT2D eigenvalue weighted by Gasteiger charge is 2.51. The summed E-state index contributed by atoms with van der Waals surface area (Å²) < 4.78 is 9.41. The number of anilines is 2. The molecule has 2 aliphatic carbocycles. The lowest BCUT2D eigenvalue weighted by Crippen LogP contribution is -2.38. The summed E-state index contributed by atoms with van der Waals surface area (Å²) in [5.74, 6) is 3.56. The van der Waals surface area contributed by atoms with Crippen molar-refractivity contribution < 1.29 is 4.42 Å². The van der Waals surface area contributed by atoms with Gasteiger partial charge in [0.1, 0.15) is 11.3 Å². The lowest BCUT2D eigenvalue weighted by Gasteiger charge is -2.42. The average molecular weight is 689 g/mol. The van der Waals surface area contributed by atoms with Crippen molar-refractivity contribution in [1.82, 2.24) is 15.0 Å². The second kappa shape index (κ2) is 10.1. The van der Waals surface area contributed by atoms with Gasteiger partial charge in [-0.05, 0) is 46.4 Å². The number of furan rings is 1. The van der Waals surface area contributed by atoms with E-state index in [-0.39, 0.29) is 23.8 Å². The summed E-state index contributed by atoms with van der Waals surface area (Å²) in [6, 6.07) is 38.8. The van der Waals surface area contributed by atoms with Crippen LogP contribution in [0.3, 0.4) is 0 Å². The van der Waals surface area contributed by atoms with Gasteiger partial charge in [-0.15, -0.1) is 11.3 Å². The van der Waals surface area contributed by atoms with E-state index in [1.807, 2.05) is 17.4 Å². The molecule has 0 saturated carbocycles. The Morgan fingerprint density at radius 3 is 2.23 bits per heavy atom. The molecule has 52 heavy (non-hydrogen) atoms. The van der Waals surface area contributed by atoms with Crippen molar-refractivity contribution in [2.75, 3.05) is 4.90 Å². The molecule has 5 heterocycles. The molecule has 0 saturated heterocycles. The third-order valence-corrected chi connectivity index (χ3v) is 13.1. The van der Waals surface area contributed by atoms with E-state index in [1.54, 1.807) is 0 Å². The van der Waals surface area contributed by atoms with Gasteiger partial charge >= 0.3 is 0 Å². The number of rotatable bonds is 2. The molecule has 8 aromatic rings. The Balaban J connectivity index is 1.30. The maximum atomic E-state index is 6.87. The number of hydrogen-bond donors (Lipinski definition) is 0. The van der Waals surface area contributed by atoms with Crippen LogP contribution in [0.15, 0.2) is 131 Å². The monoisotopic (exact) mass is 688 g/mol. The normalized spacial score (nSPS) is 21.0. The average Bonchev–Trinajstić information content (AvgIpc) is 3.86. The summed E-state index contributed by atoms with van der Waals surface area (Å²) in [5, 5.41) is 3.66. The van der Waals surface area contributed by atoms with Crippen molar-refractivity contribution in [3.8, 4) is 33.9 Å². The third kappa shape index (κ3) is 3.60. The third-order valence-electron chi connectivity index (χ3n) is 12.0. The van der Waals surface area contributed by atoms with Crippen LogP contribution < -0.4 is 4.90 Å². The van der Waals surface area contributed by atoms with Crippen molar-refractivity contribution in [3.05, 3.63) is 143 Å². The molecule has 3 aromatic heterocycles. The Labute approximate surface area is 304 Å². The van der Waals surface area contributed by atoms with Crippen molar-refractivity contribution >= 4 is 59.7 Å². The van der Waals surface area contributed by atoms with Crippen LogP contribution in [0, 0.1) is 5.92 Å². The molecule has 4 bridgehead atoms. The molecule has 0 N–H and O–H groups in total. The van der Waals surface area contributed by atoms with Gasteiger partial charge in [0.25, 0.3) is 0 Å². The Hall–Kier alpha value is -5.85. The van der Waals surface area contributed by atoms with Gasteiger partial charge < -0.3 is 4.42 Å². The zero-order valence-electron chi connectivity index (χ0n) is 28.9. The van der Waals surface area contributed by atoms with E-state index >= 15 is 0 Å². The van der Waals surface area contributed by atoms with E-state index in [9.17, 15) is 0 Å². The highest BCUT2D eigenvalue weighted by Crippen LogP contribution is 2.63.